The van der Waals surface area contributed by atoms with Gasteiger partial charge in [0.1, 0.15) is 11.7 Å². The molecular weight excluding hydrogens is 446 g/mol. The number of hydrogen-bond acceptors (Lipinski definition) is 6. The highest BCUT2D eigenvalue weighted by Crippen LogP contribution is 2.37. The Labute approximate surface area is 195 Å². The molecule has 0 bridgehead atoms. The average molecular weight is 470 g/mol. The summed E-state index contributed by atoms with van der Waals surface area (Å²) in [6.45, 7) is 1.94. The van der Waals surface area contributed by atoms with E-state index in [0.29, 0.717) is 28.6 Å². The first-order valence-corrected chi connectivity index (χ1v) is 12.1. The lowest BCUT2D eigenvalue weighted by Gasteiger charge is -2.13. The number of halogens is 1. The van der Waals surface area contributed by atoms with Crippen LogP contribution in [0, 0.1) is 6.92 Å². The minimum Gasteiger partial charge on any atom is -0.497 e. The lowest BCUT2D eigenvalue weighted by Crippen LogP contribution is -2.16. The van der Waals surface area contributed by atoms with Gasteiger partial charge >= 0.3 is 0 Å². The second kappa shape index (κ2) is 9.79. The highest BCUT2D eigenvalue weighted by atomic mass is 35.5. The number of ketones is 1. The molecule has 0 fully saturated rings. The highest BCUT2D eigenvalue weighted by Gasteiger charge is 2.33. The van der Waals surface area contributed by atoms with Crippen molar-refractivity contribution in [3.8, 4) is 5.75 Å². The van der Waals surface area contributed by atoms with Gasteiger partial charge in [0, 0.05) is 39.2 Å². The number of aromatic nitrogens is 3. The molecule has 0 saturated heterocycles. The lowest BCUT2D eigenvalue weighted by molar-refractivity contribution is 0.0961. The highest BCUT2D eigenvalue weighted by molar-refractivity contribution is 7.98. The van der Waals surface area contributed by atoms with Crippen molar-refractivity contribution in [1.82, 2.24) is 15.1 Å². The number of carbonyl (C=O) groups is 1. The van der Waals surface area contributed by atoms with Crippen molar-refractivity contribution in [3.05, 3.63) is 76.0 Å². The van der Waals surface area contributed by atoms with E-state index in [2.05, 4.69) is 21.4 Å². The van der Waals surface area contributed by atoms with Gasteiger partial charge in [0.05, 0.1) is 7.11 Å². The van der Waals surface area contributed by atoms with Gasteiger partial charge in [-0.2, -0.15) is 16.7 Å². The molecule has 6 nitrogen and oxygen atoms in total. The molecule has 0 amide bonds. The molecule has 8 heteroatoms. The molecule has 0 aliphatic rings. The fourth-order valence-corrected chi connectivity index (χ4v) is 4.39. The molecule has 2 aromatic carbocycles. The van der Waals surface area contributed by atoms with Crippen LogP contribution in [-0.4, -0.2) is 40.0 Å². The first kappa shape index (κ1) is 22.4. The Balaban J connectivity index is 1.83. The molecule has 0 aliphatic heterocycles. The van der Waals surface area contributed by atoms with Gasteiger partial charge in [-0.05, 0) is 67.8 Å². The van der Waals surface area contributed by atoms with Crippen molar-refractivity contribution < 1.29 is 14.1 Å². The predicted molar refractivity (Wildman–Crippen MR) is 128 cm³/mol. The van der Waals surface area contributed by atoms with Gasteiger partial charge in [0.2, 0.25) is 5.89 Å². The van der Waals surface area contributed by atoms with E-state index in [4.69, 9.17) is 20.9 Å². The quantitative estimate of drug-likeness (QED) is 0.245. The molecule has 4 aromatic rings. The van der Waals surface area contributed by atoms with Crippen molar-refractivity contribution in [2.24, 2.45) is 0 Å². The Bertz CT molecular complexity index is 1230. The summed E-state index contributed by atoms with van der Waals surface area (Å²) in [5, 5.41) is 5.60. The number of methoxy groups -OCH3 is 1. The van der Waals surface area contributed by atoms with Gasteiger partial charge in [0.15, 0.2) is 11.6 Å². The SMILES string of the molecule is COc1ccc2[nH]c(C)c(C(C(=O)c3ccc(Cl)cc3)c3nc(CCCSC)no3)c2c1. The van der Waals surface area contributed by atoms with Crippen LogP contribution in [0.2, 0.25) is 5.02 Å². The van der Waals surface area contributed by atoms with Crippen molar-refractivity contribution in [3.63, 3.8) is 0 Å². The van der Waals surface area contributed by atoms with Crippen molar-refractivity contribution in [2.75, 3.05) is 19.1 Å². The minimum absolute atomic E-state index is 0.132. The standard InChI is InChI=1S/C24H24ClN3O3S/c1-14-21(18-13-17(30-2)10-11-19(18)26-14)22(23(29)15-6-8-16(25)9-7-15)24-27-20(28-31-24)5-4-12-32-3/h6-11,13,22,26H,4-5,12H2,1-3H3. The Morgan fingerprint density at radius 1 is 1.25 bits per heavy atom. The number of ether oxygens (including phenoxy) is 1. The average Bonchev–Trinajstić information content (AvgIpc) is 3.39. The van der Waals surface area contributed by atoms with Crippen molar-refractivity contribution >= 4 is 40.0 Å². The summed E-state index contributed by atoms with van der Waals surface area (Å²) in [5.41, 5.74) is 3.10. The lowest BCUT2D eigenvalue weighted by atomic mass is 9.88. The number of aromatic amines is 1. The molecule has 166 valence electrons. The summed E-state index contributed by atoms with van der Waals surface area (Å²) in [4.78, 5) is 21.7. The Hall–Kier alpha value is -2.77. The van der Waals surface area contributed by atoms with Crippen molar-refractivity contribution in [1.29, 1.82) is 0 Å². The zero-order chi connectivity index (χ0) is 22.7. The van der Waals surface area contributed by atoms with Gasteiger partial charge in [-0.1, -0.05) is 16.8 Å². The number of H-pyrrole nitrogens is 1. The first-order chi connectivity index (χ1) is 15.5. The largest absolute Gasteiger partial charge is 0.497 e. The van der Waals surface area contributed by atoms with Crippen LogP contribution in [-0.2, 0) is 6.42 Å². The van der Waals surface area contributed by atoms with Crippen LogP contribution in [0.3, 0.4) is 0 Å². The number of nitrogens with one attached hydrogen (secondary N) is 1. The maximum absolute atomic E-state index is 13.8. The summed E-state index contributed by atoms with van der Waals surface area (Å²) >= 11 is 7.82. The molecule has 1 unspecified atom stereocenters. The fourth-order valence-electron chi connectivity index (χ4n) is 3.83. The van der Waals surface area contributed by atoms with Gasteiger partial charge < -0.3 is 14.2 Å². The van der Waals surface area contributed by atoms with Crippen LogP contribution in [0.15, 0.2) is 47.0 Å². The van der Waals surface area contributed by atoms with Crippen LogP contribution >= 0.6 is 23.4 Å². The van der Waals surface area contributed by atoms with E-state index < -0.39 is 5.92 Å². The number of fused-ring (bicyclic) bond motifs is 1. The van der Waals surface area contributed by atoms with Crippen LogP contribution in [0.4, 0.5) is 0 Å². The molecule has 1 atom stereocenters. The van der Waals surface area contributed by atoms with E-state index in [0.717, 1.165) is 34.3 Å². The van der Waals surface area contributed by atoms with E-state index in [1.165, 1.54) is 0 Å². The van der Waals surface area contributed by atoms with E-state index in [1.807, 2.05) is 25.1 Å². The zero-order valence-corrected chi connectivity index (χ0v) is 19.7. The third-order valence-corrected chi connectivity index (χ3v) is 6.35. The molecule has 2 aromatic heterocycles. The molecule has 0 spiro atoms. The van der Waals surface area contributed by atoms with E-state index in [-0.39, 0.29) is 11.7 Å². The van der Waals surface area contributed by atoms with E-state index in [1.54, 1.807) is 43.1 Å². The minimum atomic E-state index is -0.751. The van der Waals surface area contributed by atoms with Gasteiger partial charge in [-0.25, -0.2) is 0 Å². The van der Waals surface area contributed by atoms with Crippen LogP contribution in [0.5, 0.6) is 5.75 Å². The maximum Gasteiger partial charge on any atom is 0.242 e. The Morgan fingerprint density at radius 2 is 2.03 bits per heavy atom. The normalized spacial score (nSPS) is 12.2. The number of benzene rings is 2. The summed E-state index contributed by atoms with van der Waals surface area (Å²) < 4.78 is 11.1. The molecule has 1 N–H and O–H groups in total. The first-order valence-electron chi connectivity index (χ1n) is 10.3. The van der Waals surface area contributed by atoms with Gasteiger partial charge in [0.25, 0.3) is 0 Å². The second-order valence-electron chi connectivity index (χ2n) is 7.52. The maximum atomic E-state index is 13.8. The molecule has 2 heterocycles. The molecule has 0 radical (unpaired) electrons. The van der Waals surface area contributed by atoms with Gasteiger partial charge in [-0.15, -0.1) is 0 Å². The summed E-state index contributed by atoms with van der Waals surface area (Å²) in [5.74, 6) is 1.73. The number of Topliss-reactive ketones (excluding diaryl/α,β-unsaturated/α-hetero) is 1. The second-order valence-corrected chi connectivity index (χ2v) is 8.95. The number of hydrogen-bond donors (Lipinski definition) is 1. The molecule has 0 saturated carbocycles. The smallest absolute Gasteiger partial charge is 0.242 e. The third-order valence-electron chi connectivity index (χ3n) is 5.40. The number of carbonyl (C=O) groups excluding carboxylic acids is 1. The van der Waals surface area contributed by atoms with E-state index in [9.17, 15) is 4.79 Å². The summed E-state index contributed by atoms with van der Waals surface area (Å²) in [7, 11) is 1.62. The summed E-state index contributed by atoms with van der Waals surface area (Å²) in [6, 6.07) is 12.6. The Kier molecular flexibility index (Phi) is 6.86. The number of aryl methyl sites for hydroxylation is 2. The van der Waals surface area contributed by atoms with E-state index >= 15 is 0 Å². The van der Waals surface area contributed by atoms with Crippen LogP contribution < -0.4 is 4.74 Å². The Morgan fingerprint density at radius 3 is 2.75 bits per heavy atom. The third kappa shape index (κ3) is 4.54. The monoisotopic (exact) mass is 469 g/mol. The van der Waals surface area contributed by atoms with Crippen molar-refractivity contribution in [2.45, 2.75) is 25.7 Å². The van der Waals surface area contributed by atoms with Crippen LogP contribution in [0.1, 0.15) is 45.7 Å². The summed E-state index contributed by atoms with van der Waals surface area (Å²) in [6.07, 6.45) is 3.71. The molecule has 0 aliphatic carbocycles. The number of nitrogens with zero attached hydrogens (tertiary/aromatic N) is 2. The zero-order valence-electron chi connectivity index (χ0n) is 18.1. The molecule has 4 rings (SSSR count). The van der Waals surface area contributed by atoms with Crippen LogP contribution in [0.25, 0.3) is 10.9 Å². The molecule has 32 heavy (non-hydrogen) atoms. The fraction of sp³-hybridized carbons (Fsp3) is 0.292. The van der Waals surface area contributed by atoms with Gasteiger partial charge in [-0.3, -0.25) is 4.79 Å². The topological polar surface area (TPSA) is 81.0 Å². The predicted octanol–water partition coefficient (Wildman–Crippen LogP) is 5.83. The number of thioether (sulfide) groups is 1. The molecular formula is C24H24ClN3O3S. The number of rotatable bonds is 9.